The number of hydrogen-bond donors (Lipinski definition) is 1. The zero-order valence-electron chi connectivity index (χ0n) is 7.12. The molecule has 1 rings (SSSR count). The molecule has 0 aliphatic carbocycles. The minimum Gasteiger partial charge on any atom is -0.390 e. The fourth-order valence-corrected chi connectivity index (χ4v) is 1.64. The standard InChI is InChI=1S/C7H8Cl3N3O/c1-2-3-13-6(7(8,9)10)5(4-14)11-12-13/h2,14H,1,3-4H2. The number of aliphatic hydroxyl groups is 1. The van der Waals surface area contributed by atoms with Crippen LogP contribution in [0.25, 0.3) is 0 Å². The molecule has 78 valence electrons. The summed E-state index contributed by atoms with van der Waals surface area (Å²) in [5.74, 6) is 0. The lowest BCUT2D eigenvalue weighted by Gasteiger charge is -2.12. The first kappa shape index (κ1) is 11.8. The minimum atomic E-state index is -1.65. The number of allylic oxidation sites excluding steroid dienone is 1. The van der Waals surface area contributed by atoms with Gasteiger partial charge in [0.15, 0.2) is 0 Å². The van der Waals surface area contributed by atoms with E-state index in [0.29, 0.717) is 6.54 Å². The fourth-order valence-electron chi connectivity index (χ4n) is 1.02. The molecule has 7 heteroatoms. The van der Waals surface area contributed by atoms with Crippen LogP contribution in [-0.2, 0) is 16.9 Å². The summed E-state index contributed by atoms with van der Waals surface area (Å²) in [6, 6.07) is 0. The number of hydrogen-bond acceptors (Lipinski definition) is 3. The molecule has 4 nitrogen and oxygen atoms in total. The minimum absolute atomic E-state index is 0.256. The molecule has 0 fully saturated rings. The monoisotopic (exact) mass is 255 g/mol. The van der Waals surface area contributed by atoms with Gasteiger partial charge in [-0.05, 0) is 0 Å². The normalized spacial score (nSPS) is 11.7. The summed E-state index contributed by atoms with van der Waals surface area (Å²) >= 11 is 17.1. The van der Waals surface area contributed by atoms with E-state index >= 15 is 0 Å². The van der Waals surface area contributed by atoms with Crippen molar-refractivity contribution in [1.82, 2.24) is 15.0 Å². The lowest BCUT2D eigenvalue weighted by molar-refractivity contribution is 0.275. The van der Waals surface area contributed by atoms with E-state index in [2.05, 4.69) is 16.9 Å². The summed E-state index contributed by atoms with van der Waals surface area (Å²) in [6.07, 6.45) is 1.59. The van der Waals surface area contributed by atoms with Gasteiger partial charge in [-0.25, -0.2) is 4.68 Å². The van der Waals surface area contributed by atoms with E-state index in [-0.39, 0.29) is 18.0 Å². The predicted octanol–water partition coefficient (Wildman–Crippen LogP) is 1.78. The van der Waals surface area contributed by atoms with Gasteiger partial charge in [0.2, 0.25) is 3.79 Å². The van der Waals surface area contributed by atoms with Crippen molar-refractivity contribution in [2.45, 2.75) is 16.9 Å². The van der Waals surface area contributed by atoms with Gasteiger partial charge < -0.3 is 5.11 Å². The van der Waals surface area contributed by atoms with E-state index in [1.54, 1.807) is 6.08 Å². The Kier molecular flexibility index (Phi) is 3.78. The second-order valence-corrected chi connectivity index (χ2v) is 4.79. The third-order valence-electron chi connectivity index (χ3n) is 1.53. The second-order valence-electron chi connectivity index (χ2n) is 2.51. The summed E-state index contributed by atoms with van der Waals surface area (Å²) in [7, 11) is 0. The third-order valence-corrected chi connectivity index (χ3v) is 2.06. The van der Waals surface area contributed by atoms with Gasteiger partial charge in [-0.3, -0.25) is 0 Å². The van der Waals surface area contributed by atoms with Gasteiger partial charge in [0.25, 0.3) is 0 Å². The Morgan fingerprint density at radius 1 is 1.50 bits per heavy atom. The zero-order chi connectivity index (χ0) is 10.8. The summed E-state index contributed by atoms with van der Waals surface area (Å²) in [5, 5.41) is 16.4. The molecule has 0 saturated carbocycles. The van der Waals surface area contributed by atoms with Crippen molar-refractivity contribution in [3.8, 4) is 0 Å². The van der Waals surface area contributed by atoms with Crippen molar-refractivity contribution in [1.29, 1.82) is 0 Å². The second kappa shape index (κ2) is 4.49. The topological polar surface area (TPSA) is 50.9 Å². The van der Waals surface area contributed by atoms with E-state index in [0.717, 1.165) is 0 Å². The van der Waals surface area contributed by atoms with Gasteiger partial charge in [-0.2, -0.15) is 0 Å². The molecule has 1 aromatic rings. The quantitative estimate of drug-likeness (QED) is 0.662. The van der Waals surface area contributed by atoms with Crippen molar-refractivity contribution < 1.29 is 5.11 Å². The Bertz CT molecular complexity index is 331. The Hall–Kier alpha value is -0.290. The van der Waals surface area contributed by atoms with Crippen molar-refractivity contribution >= 4 is 34.8 Å². The predicted molar refractivity (Wildman–Crippen MR) is 55.4 cm³/mol. The fraction of sp³-hybridized carbons (Fsp3) is 0.429. The lowest BCUT2D eigenvalue weighted by atomic mass is 10.3. The van der Waals surface area contributed by atoms with Crippen LogP contribution in [-0.4, -0.2) is 20.1 Å². The molecule has 0 aromatic carbocycles. The molecular weight excluding hydrogens is 248 g/mol. The van der Waals surface area contributed by atoms with Gasteiger partial charge in [0, 0.05) is 0 Å². The highest BCUT2D eigenvalue weighted by Gasteiger charge is 2.31. The summed E-state index contributed by atoms with van der Waals surface area (Å²) in [4.78, 5) is 0. The number of nitrogens with zero attached hydrogens (tertiary/aromatic N) is 3. The van der Waals surface area contributed by atoms with Crippen LogP contribution >= 0.6 is 34.8 Å². The number of alkyl halides is 3. The summed E-state index contributed by atoms with van der Waals surface area (Å²) in [5.41, 5.74) is 0.525. The van der Waals surface area contributed by atoms with Crippen LogP contribution in [0.2, 0.25) is 0 Å². The molecule has 0 bridgehead atoms. The van der Waals surface area contributed by atoms with E-state index < -0.39 is 3.79 Å². The Labute approximate surface area is 96.1 Å². The maximum atomic E-state index is 8.95. The maximum Gasteiger partial charge on any atom is 0.234 e. The van der Waals surface area contributed by atoms with E-state index in [9.17, 15) is 0 Å². The van der Waals surface area contributed by atoms with Crippen LogP contribution in [0, 0.1) is 0 Å². The molecule has 0 unspecified atom stereocenters. The van der Waals surface area contributed by atoms with Gasteiger partial charge in [-0.1, -0.05) is 46.1 Å². The molecule has 0 aliphatic heterocycles. The lowest BCUT2D eigenvalue weighted by Crippen LogP contribution is -2.13. The average Bonchev–Trinajstić information content (AvgIpc) is 2.47. The van der Waals surface area contributed by atoms with Crippen LogP contribution in [0.5, 0.6) is 0 Å². The van der Waals surface area contributed by atoms with E-state index in [4.69, 9.17) is 39.9 Å². The number of aliphatic hydroxyl groups excluding tert-OH is 1. The zero-order valence-corrected chi connectivity index (χ0v) is 9.39. The molecule has 0 spiro atoms. The van der Waals surface area contributed by atoms with E-state index in [1.165, 1.54) is 4.68 Å². The highest BCUT2D eigenvalue weighted by molar-refractivity contribution is 6.66. The SMILES string of the molecule is C=CCn1nnc(CO)c1C(Cl)(Cl)Cl. The average molecular weight is 257 g/mol. The summed E-state index contributed by atoms with van der Waals surface area (Å²) in [6.45, 7) is 3.59. The maximum absolute atomic E-state index is 8.95. The molecule has 0 amide bonds. The first-order valence-electron chi connectivity index (χ1n) is 3.72. The molecule has 0 aliphatic rings. The summed E-state index contributed by atoms with van der Waals surface area (Å²) < 4.78 is -0.268. The van der Waals surface area contributed by atoms with Crippen LogP contribution in [0.4, 0.5) is 0 Å². The molecule has 1 aromatic heterocycles. The smallest absolute Gasteiger partial charge is 0.234 e. The molecule has 0 atom stereocenters. The highest BCUT2D eigenvalue weighted by Crippen LogP contribution is 2.39. The molecule has 0 radical (unpaired) electrons. The Balaban J connectivity index is 3.19. The van der Waals surface area contributed by atoms with Crippen molar-refractivity contribution in [2.75, 3.05) is 0 Å². The molecule has 1 N–H and O–H groups in total. The Morgan fingerprint density at radius 2 is 2.14 bits per heavy atom. The van der Waals surface area contributed by atoms with Crippen molar-refractivity contribution in [3.05, 3.63) is 24.0 Å². The van der Waals surface area contributed by atoms with Crippen LogP contribution in [0.3, 0.4) is 0 Å². The number of halogens is 3. The van der Waals surface area contributed by atoms with Gasteiger partial charge in [0.1, 0.15) is 11.4 Å². The highest BCUT2D eigenvalue weighted by atomic mass is 35.6. The van der Waals surface area contributed by atoms with Gasteiger partial charge in [-0.15, -0.1) is 11.7 Å². The number of aromatic nitrogens is 3. The molecule has 1 heterocycles. The van der Waals surface area contributed by atoms with E-state index in [1.807, 2.05) is 0 Å². The molecule has 14 heavy (non-hydrogen) atoms. The number of rotatable bonds is 3. The largest absolute Gasteiger partial charge is 0.390 e. The van der Waals surface area contributed by atoms with Crippen LogP contribution < -0.4 is 0 Å². The first-order valence-corrected chi connectivity index (χ1v) is 4.85. The van der Waals surface area contributed by atoms with Gasteiger partial charge in [0.05, 0.1) is 13.2 Å². The molecular formula is C7H8Cl3N3O. The van der Waals surface area contributed by atoms with Crippen molar-refractivity contribution in [2.24, 2.45) is 0 Å². The Morgan fingerprint density at radius 3 is 2.57 bits per heavy atom. The van der Waals surface area contributed by atoms with Crippen LogP contribution in [0.1, 0.15) is 11.4 Å². The third kappa shape index (κ3) is 2.39. The first-order chi connectivity index (χ1) is 6.50. The van der Waals surface area contributed by atoms with Crippen LogP contribution in [0.15, 0.2) is 12.7 Å². The van der Waals surface area contributed by atoms with Crippen molar-refractivity contribution in [3.63, 3.8) is 0 Å². The molecule has 0 saturated heterocycles. The van der Waals surface area contributed by atoms with Gasteiger partial charge >= 0.3 is 0 Å².